The molecule has 0 aliphatic carbocycles. The molecule has 0 spiro atoms. The molecule has 2 aliphatic rings. The Labute approximate surface area is 146 Å². The fourth-order valence-electron chi connectivity index (χ4n) is 2.63. The highest BCUT2D eigenvalue weighted by Crippen LogP contribution is 2.47. The van der Waals surface area contributed by atoms with Crippen LogP contribution in [0.25, 0.3) is 0 Å². The molecule has 0 fully saturated rings. The monoisotopic (exact) mass is 398 g/mol. The number of ether oxygens (including phenoxy) is 1. The Morgan fingerprint density at radius 1 is 1.42 bits per heavy atom. The van der Waals surface area contributed by atoms with Crippen molar-refractivity contribution in [2.45, 2.75) is 24.0 Å². The van der Waals surface area contributed by atoms with E-state index in [1.54, 1.807) is 6.08 Å². The maximum atomic E-state index is 12.8. The van der Waals surface area contributed by atoms with Gasteiger partial charge in [0.15, 0.2) is 9.84 Å². The van der Waals surface area contributed by atoms with Gasteiger partial charge in [-0.1, -0.05) is 24.8 Å². The zero-order chi connectivity index (χ0) is 18.0. The molecule has 8 nitrogen and oxygen atoms in total. The number of nitrogens with one attached hydrogen (secondary N) is 1. The quantitative estimate of drug-likeness (QED) is 0.465. The summed E-state index contributed by atoms with van der Waals surface area (Å²) in [4.78, 5) is 0.129. The summed E-state index contributed by atoms with van der Waals surface area (Å²) in [6.07, 6.45) is 3.43. The first-order valence-electron chi connectivity index (χ1n) is 7.49. The minimum absolute atomic E-state index is 0.0337. The van der Waals surface area contributed by atoms with Gasteiger partial charge in [-0.2, -0.15) is 0 Å². The summed E-state index contributed by atoms with van der Waals surface area (Å²) in [6, 6.07) is -0.313. The summed E-state index contributed by atoms with van der Waals surface area (Å²) in [5, 5.41) is 17.1. The highest BCUT2D eigenvalue weighted by Gasteiger charge is 2.48. The molecular formula is C13H22N2O6S3. The number of aliphatic hydroxyl groups excluding tert-OH is 1. The van der Waals surface area contributed by atoms with E-state index in [4.69, 9.17) is 15.0 Å². The molecule has 3 atom stereocenters. The van der Waals surface area contributed by atoms with Crippen molar-refractivity contribution in [3.63, 3.8) is 0 Å². The number of hydrogen-bond donors (Lipinski definition) is 3. The van der Waals surface area contributed by atoms with Crippen LogP contribution in [0.4, 0.5) is 0 Å². The van der Waals surface area contributed by atoms with E-state index in [2.05, 4.69) is 5.32 Å². The first kappa shape index (κ1) is 19.9. The molecule has 0 saturated heterocycles. The third-order valence-corrected chi connectivity index (χ3v) is 9.29. The molecule has 0 bridgehead atoms. The van der Waals surface area contributed by atoms with Crippen LogP contribution >= 0.6 is 11.8 Å². The van der Waals surface area contributed by atoms with E-state index in [1.165, 1.54) is 6.08 Å². The average molecular weight is 399 g/mol. The number of fused-ring (bicyclic) bond motifs is 1. The predicted octanol–water partition coefficient (Wildman–Crippen LogP) is -0.505. The minimum atomic E-state index is -3.94. The van der Waals surface area contributed by atoms with Crippen LogP contribution in [0.15, 0.2) is 21.3 Å². The molecule has 2 rings (SSSR count). The van der Waals surface area contributed by atoms with E-state index in [0.717, 1.165) is 11.8 Å². The van der Waals surface area contributed by atoms with Crippen molar-refractivity contribution in [2.75, 3.05) is 26.4 Å². The SMILES string of the molecule is CCNC1C=C(COCCCO)S(=O)(=O)C2SC(S(N)(=O)=O)=CC12. The average Bonchev–Trinajstić information content (AvgIpc) is 2.95. The molecule has 0 aromatic carbocycles. The van der Waals surface area contributed by atoms with Crippen LogP contribution in [0.2, 0.25) is 0 Å². The standard InChI is InChI=1S/C13H22N2O6S3/c1-2-15-11-6-9(8-21-5-3-4-16)23(17,18)13-10(11)7-12(22-13)24(14,19)20/h6-7,10-11,13,15-16H,2-5,8H2,1H3,(H2,14,19,20). The minimum Gasteiger partial charge on any atom is -0.396 e. The molecule has 2 heterocycles. The van der Waals surface area contributed by atoms with Gasteiger partial charge in [0.25, 0.3) is 0 Å². The fourth-order valence-corrected chi connectivity index (χ4v) is 7.61. The topological polar surface area (TPSA) is 136 Å². The number of likely N-dealkylation sites (N-methyl/N-ethyl adjacent to an activating group) is 1. The van der Waals surface area contributed by atoms with Gasteiger partial charge in [0, 0.05) is 25.2 Å². The second-order valence-electron chi connectivity index (χ2n) is 5.49. The van der Waals surface area contributed by atoms with Gasteiger partial charge < -0.3 is 15.2 Å². The summed E-state index contributed by atoms with van der Waals surface area (Å²) in [5.41, 5.74) is 0. The highest BCUT2D eigenvalue weighted by atomic mass is 32.3. The molecule has 0 radical (unpaired) electrons. The number of thioether (sulfide) groups is 1. The van der Waals surface area contributed by atoms with E-state index in [9.17, 15) is 16.8 Å². The lowest BCUT2D eigenvalue weighted by molar-refractivity contribution is 0.136. The van der Waals surface area contributed by atoms with Crippen LogP contribution in [0.1, 0.15) is 13.3 Å². The van der Waals surface area contributed by atoms with Gasteiger partial charge in [-0.3, -0.25) is 0 Å². The molecule has 4 N–H and O–H groups in total. The molecule has 2 aliphatic heterocycles. The van der Waals surface area contributed by atoms with E-state index in [-0.39, 0.29) is 35.0 Å². The third-order valence-electron chi connectivity index (χ3n) is 3.74. The number of rotatable bonds is 8. The smallest absolute Gasteiger partial charge is 0.243 e. The lowest BCUT2D eigenvalue weighted by Crippen LogP contribution is -2.44. The third kappa shape index (κ3) is 4.21. The van der Waals surface area contributed by atoms with Gasteiger partial charge in [0.2, 0.25) is 10.0 Å². The molecular weight excluding hydrogens is 376 g/mol. The molecule has 24 heavy (non-hydrogen) atoms. The number of primary sulfonamides is 1. The molecule has 0 saturated carbocycles. The van der Waals surface area contributed by atoms with Gasteiger partial charge in [-0.25, -0.2) is 22.0 Å². The molecule has 0 aromatic heterocycles. The summed E-state index contributed by atoms with van der Waals surface area (Å²) in [6.45, 7) is 2.60. The van der Waals surface area contributed by atoms with Gasteiger partial charge in [-0.05, 0) is 19.0 Å². The second-order valence-corrected chi connectivity index (χ2v) is 10.9. The van der Waals surface area contributed by atoms with Crippen LogP contribution in [0.5, 0.6) is 0 Å². The Morgan fingerprint density at radius 3 is 2.71 bits per heavy atom. The lowest BCUT2D eigenvalue weighted by Gasteiger charge is -2.31. The van der Waals surface area contributed by atoms with Gasteiger partial charge in [0.1, 0.15) is 8.82 Å². The largest absolute Gasteiger partial charge is 0.396 e. The van der Waals surface area contributed by atoms with Crippen molar-refractivity contribution in [3.05, 3.63) is 21.3 Å². The van der Waals surface area contributed by atoms with E-state index >= 15 is 0 Å². The Balaban J connectivity index is 2.28. The van der Waals surface area contributed by atoms with Crippen molar-refractivity contribution in [2.24, 2.45) is 11.1 Å². The van der Waals surface area contributed by atoms with Crippen LogP contribution < -0.4 is 10.5 Å². The van der Waals surface area contributed by atoms with Crippen molar-refractivity contribution in [1.29, 1.82) is 0 Å². The van der Waals surface area contributed by atoms with Gasteiger partial charge in [-0.15, -0.1) is 0 Å². The van der Waals surface area contributed by atoms with E-state index < -0.39 is 30.4 Å². The number of sulfone groups is 1. The van der Waals surface area contributed by atoms with Crippen molar-refractivity contribution >= 4 is 31.6 Å². The van der Waals surface area contributed by atoms with Gasteiger partial charge >= 0.3 is 0 Å². The van der Waals surface area contributed by atoms with Gasteiger partial charge in [0.05, 0.1) is 11.5 Å². The van der Waals surface area contributed by atoms with Crippen LogP contribution in [0.3, 0.4) is 0 Å². The number of hydrogen-bond acceptors (Lipinski definition) is 8. The number of sulfonamides is 1. The van der Waals surface area contributed by atoms with E-state index in [1.807, 2.05) is 6.92 Å². The predicted molar refractivity (Wildman–Crippen MR) is 93.0 cm³/mol. The molecule has 11 heteroatoms. The maximum absolute atomic E-state index is 12.8. The summed E-state index contributed by atoms with van der Waals surface area (Å²) in [7, 11) is -7.65. The van der Waals surface area contributed by atoms with Crippen LogP contribution in [-0.2, 0) is 24.6 Å². The van der Waals surface area contributed by atoms with Crippen LogP contribution in [-0.4, -0.2) is 58.9 Å². The Hall–Kier alpha value is -0.430. The van der Waals surface area contributed by atoms with Crippen molar-refractivity contribution in [3.8, 4) is 0 Å². The maximum Gasteiger partial charge on any atom is 0.243 e. The normalized spacial score (nSPS) is 29.0. The molecule has 138 valence electrons. The Kier molecular flexibility index (Phi) is 6.51. The number of aliphatic hydroxyl groups is 1. The summed E-state index contributed by atoms with van der Waals surface area (Å²) >= 11 is 0.769. The summed E-state index contributed by atoms with van der Waals surface area (Å²) < 4.78 is 53.0. The Bertz CT molecular complexity index is 729. The molecule has 3 unspecified atom stereocenters. The van der Waals surface area contributed by atoms with Crippen molar-refractivity contribution < 1.29 is 26.7 Å². The van der Waals surface area contributed by atoms with Crippen molar-refractivity contribution in [1.82, 2.24) is 5.32 Å². The molecule has 0 amide bonds. The second kappa shape index (κ2) is 7.85. The molecule has 0 aromatic rings. The summed E-state index contributed by atoms with van der Waals surface area (Å²) in [5.74, 6) is -0.505. The van der Waals surface area contributed by atoms with E-state index in [0.29, 0.717) is 13.0 Å². The zero-order valence-corrected chi connectivity index (χ0v) is 15.7. The zero-order valence-electron chi connectivity index (χ0n) is 13.2. The fraction of sp³-hybridized carbons (Fsp3) is 0.692. The van der Waals surface area contributed by atoms with Crippen LogP contribution in [0, 0.1) is 5.92 Å². The lowest BCUT2D eigenvalue weighted by atomic mass is 10.0. The Morgan fingerprint density at radius 2 is 2.12 bits per heavy atom. The first-order chi connectivity index (χ1) is 11.2. The first-order valence-corrected chi connectivity index (χ1v) is 11.5. The number of nitrogens with two attached hydrogens (primary N) is 1. The highest BCUT2D eigenvalue weighted by molar-refractivity contribution is 8.24.